The summed E-state index contributed by atoms with van der Waals surface area (Å²) in [5.74, 6) is 1.65. The van der Waals surface area contributed by atoms with Gasteiger partial charge in [0.15, 0.2) is 11.5 Å². The van der Waals surface area contributed by atoms with E-state index >= 15 is 0 Å². The number of nitrogens with zero attached hydrogens (tertiary/aromatic N) is 1. The van der Waals surface area contributed by atoms with Gasteiger partial charge in [0.05, 0.1) is 5.41 Å². The molecular weight excluding hydrogens is 292 g/mol. The van der Waals surface area contributed by atoms with Crippen molar-refractivity contribution in [1.29, 1.82) is 0 Å². The number of nitrogens with one attached hydrogen (secondary N) is 1. The lowest BCUT2D eigenvalue weighted by Crippen LogP contribution is -2.58. The van der Waals surface area contributed by atoms with Gasteiger partial charge in [-0.2, -0.15) is 0 Å². The molecule has 0 aromatic heterocycles. The van der Waals surface area contributed by atoms with Crippen LogP contribution in [0.1, 0.15) is 33.3 Å². The SMILES string of the molecule is C[C@@H]1CN(C(=O)C(C)(C)c2ccc3c(c2)OCCO3)C[C@@H](C)N1. The highest BCUT2D eigenvalue weighted by atomic mass is 16.6. The van der Waals surface area contributed by atoms with Crippen molar-refractivity contribution in [3.63, 3.8) is 0 Å². The Labute approximate surface area is 137 Å². The third-order valence-electron chi connectivity index (χ3n) is 4.64. The molecule has 1 amide bonds. The average Bonchev–Trinajstić information content (AvgIpc) is 2.52. The van der Waals surface area contributed by atoms with Crippen LogP contribution in [0, 0.1) is 0 Å². The molecule has 126 valence electrons. The van der Waals surface area contributed by atoms with Crippen molar-refractivity contribution in [3.8, 4) is 11.5 Å². The first-order valence-electron chi connectivity index (χ1n) is 8.33. The molecule has 5 heteroatoms. The molecule has 3 rings (SSSR count). The van der Waals surface area contributed by atoms with Crippen molar-refractivity contribution in [2.45, 2.75) is 45.2 Å². The number of benzene rings is 1. The van der Waals surface area contributed by atoms with Gasteiger partial charge >= 0.3 is 0 Å². The maximum absolute atomic E-state index is 13.1. The van der Waals surface area contributed by atoms with Gasteiger partial charge in [0.25, 0.3) is 0 Å². The highest BCUT2D eigenvalue weighted by molar-refractivity contribution is 5.87. The van der Waals surface area contributed by atoms with E-state index in [2.05, 4.69) is 19.2 Å². The fourth-order valence-electron chi connectivity index (χ4n) is 3.44. The van der Waals surface area contributed by atoms with E-state index in [1.54, 1.807) is 0 Å². The van der Waals surface area contributed by atoms with Gasteiger partial charge in [-0.25, -0.2) is 0 Å². The second-order valence-corrected chi connectivity index (χ2v) is 7.16. The highest BCUT2D eigenvalue weighted by Crippen LogP contribution is 2.36. The van der Waals surface area contributed by atoms with Gasteiger partial charge < -0.3 is 19.7 Å². The van der Waals surface area contributed by atoms with Crippen molar-refractivity contribution in [2.24, 2.45) is 0 Å². The predicted molar refractivity (Wildman–Crippen MR) is 89.1 cm³/mol. The molecule has 23 heavy (non-hydrogen) atoms. The van der Waals surface area contributed by atoms with E-state index in [-0.39, 0.29) is 5.91 Å². The normalized spacial score (nSPS) is 24.4. The fraction of sp³-hybridized carbons (Fsp3) is 0.611. The lowest BCUT2D eigenvalue weighted by atomic mass is 9.82. The van der Waals surface area contributed by atoms with E-state index in [1.165, 1.54) is 0 Å². The lowest BCUT2D eigenvalue weighted by molar-refractivity contribution is -0.138. The van der Waals surface area contributed by atoms with Gasteiger partial charge in [0.2, 0.25) is 5.91 Å². The van der Waals surface area contributed by atoms with Crippen LogP contribution >= 0.6 is 0 Å². The maximum atomic E-state index is 13.1. The van der Waals surface area contributed by atoms with Gasteiger partial charge in [-0.05, 0) is 45.4 Å². The molecule has 0 spiro atoms. The van der Waals surface area contributed by atoms with Crippen molar-refractivity contribution in [2.75, 3.05) is 26.3 Å². The van der Waals surface area contributed by atoms with Crippen LogP contribution in [0.2, 0.25) is 0 Å². The molecule has 1 N–H and O–H groups in total. The maximum Gasteiger partial charge on any atom is 0.232 e. The first kappa shape index (κ1) is 16.1. The van der Waals surface area contributed by atoms with E-state index in [0.29, 0.717) is 25.3 Å². The summed E-state index contributed by atoms with van der Waals surface area (Å²) < 4.78 is 11.2. The molecule has 0 aliphatic carbocycles. The van der Waals surface area contributed by atoms with Crippen LogP contribution in [0.15, 0.2) is 18.2 Å². The van der Waals surface area contributed by atoms with Crippen molar-refractivity contribution in [3.05, 3.63) is 23.8 Å². The number of hydrogen-bond donors (Lipinski definition) is 1. The molecule has 1 aromatic rings. The third kappa shape index (κ3) is 3.15. The molecule has 2 atom stereocenters. The fourth-order valence-corrected chi connectivity index (χ4v) is 3.44. The molecular formula is C18H26N2O3. The van der Waals surface area contributed by atoms with Crippen LogP contribution in [-0.4, -0.2) is 49.2 Å². The van der Waals surface area contributed by atoms with Crippen LogP contribution in [-0.2, 0) is 10.2 Å². The Morgan fingerprint density at radius 3 is 2.39 bits per heavy atom. The quantitative estimate of drug-likeness (QED) is 0.905. The molecule has 1 fully saturated rings. The Balaban J connectivity index is 1.84. The first-order valence-corrected chi connectivity index (χ1v) is 8.33. The third-order valence-corrected chi connectivity index (χ3v) is 4.64. The topological polar surface area (TPSA) is 50.8 Å². The van der Waals surface area contributed by atoms with E-state index < -0.39 is 5.41 Å². The Morgan fingerprint density at radius 2 is 1.74 bits per heavy atom. The number of amides is 1. The Hall–Kier alpha value is -1.75. The van der Waals surface area contributed by atoms with Crippen molar-refractivity contribution >= 4 is 5.91 Å². The largest absolute Gasteiger partial charge is 0.486 e. The smallest absolute Gasteiger partial charge is 0.232 e. The summed E-state index contributed by atoms with van der Waals surface area (Å²) >= 11 is 0. The zero-order chi connectivity index (χ0) is 16.6. The van der Waals surface area contributed by atoms with Gasteiger partial charge in [0, 0.05) is 25.2 Å². The molecule has 0 bridgehead atoms. The lowest BCUT2D eigenvalue weighted by Gasteiger charge is -2.40. The predicted octanol–water partition coefficient (Wildman–Crippen LogP) is 1.94. The van der Waals surface area contributed by atoms with E-state index in [4.69, 9.17) is 9.47 Å². The second kappa shape index (κ2) is 6.04. The van der Waals surface area contributed by atoms with E-state index in [1.807, 2.05) is 36.9 Å². The number of carbonyl (C=O) groups excluding carboxylic acids is 1. The van der Waals surface area contributed by atoms with Crippen molar-refractivity contribution < 1.29 is 14.3 Å². The Morgan fingerprint density at radius 1 is 1.13 bits per heavy atom. The number of hydrogen-bond acceptors (Lipinski definition) is 4. The number of fused-ring (bicyclic) bond motifs is 1. The zero-order valence-electron chi connectivity index (χ0n) is 14.4. The summed E-state index contributed by atoms with van der Waals surface area (Å²) in [7, 11) is 0. The molecule has 1 saturated heterocycles. The van der Waals surface area contributed by atoms with E-state index in [9.17, 15) is 4.79 Å². The van der Waals surface area contributed by atoms with E-state index in [0.717, 1.165) is 30.2 Å². The van der Waals surface area contributed by atoms with Crippen LogP contribution in [0.3, 0.4) is 0 Å². The summed E-state index contributed by atoms with van der Waals surface area (Å²) in [5.41, 5.74) is 0.373. The number of carbonyl (C=O) groups is 1. The van der Waals surface area contributed by atoms with Crippen LogP contribution < -0.4 is 14.8 Å². The van der Waals surface area contributed by atoms with Crippen molar-refractivity contribution in [1.82, 2.24) is 10.2 Å². The molecule has 1 aromatic carbocycles. The summed E-state index contributed by atoms with van der Waals surface area (Å²) in [4.78, 5) is 15.1. The molecule has 0 radical (unpaired) electrons. The molecule has 2 aliphatic heterocycles. The monoisotopic (exact) mass is 318 g/mol. The standard InChI is InChI=1S/C18H26N2O3/c1-12-10-20(11-13(2)19-12)17(21)18(3,4)14-5-6-15-16(9-14)23-8-7-22-15/h5-6,9,12-13,19H,7-8,10-11H2,1-4H3/t12-,13-/m1/s1. The highest BCUT2D eigenvalue weighted by Gasteiger charge is 2.37. The molecule has 0 saturated carbocycles. The van der Waals surface area contributed by atoms with Gasteiger partial charge in [0.1, 0.15) is 13.2 Å². The summed E-state index contributed by atoms with van der Waals surface area (Å²) in [6.45, 7) is 10.8. The summed E-state index contributed by atoms with van der Waals surface area (Å²) in [6, 6.07) is 6.46. The van der Waals surface area contributed by atoms with Crippen LogP contribution in [0.5, 0.6) is 11.5 Å². The van der Waals surface area contributed by atoms with Gasteiger partial charge in [-0.15, -0.1) is 0 Å². The van der Waals surface area contributed by atoms with Gasteiger partial charge in [-0.1, -0.05) is 6.07 Å². The minimum atomic E-state index is -0.591. The van der Waals surface area contributed by atoms with Gasteiger partial charge in [-0.3, -0.25) is 4.79 Å². The first-order chi connectivity index (χ1) is 10.9. The molecule has 2 heterocycles. The number of ether oxygens (including phenoxy) is 2. The Kier molecular flexibility index (Phi) is 4.23. The molecule has 5 nitrogen and oxygen atoms in total. The summed E-state index contributed by atoms with van der Waals surface area (Å²) in [5, 5.41) is 3.47. The minimum Gasteiger partial charge on any atom is -0.486 e. The Bertz CT molecular complexity index is 590. The van der Waals surface area contributed by atoms with Crippen LogP contribution in [0.25, 0.3) is 0 Å². The second-order valence-electron chi connectivity index (χ2n) is 7.16. The number of rotatable bonds is 2. The summed E-state index contributed by atoms with van der Waals surface area (Å²) in [6.07, 6.45) is 0. The number of piperazine rings is 1. The average molecular weight is 318 g/mol. The molecule has 0 unspecified atom stereocenters. The minimum absolute atomic E-state index is 0.161. The molecule has 2 aliphatic rings. The van der Waals surface area contributed by atoms with Crippen LogP contribution in [0.4, 0.5) is 0 Å². The zero-order valence-corrected chi connectivity index (χ0v) is 14.4.